The van der Waals surface area contributed by atoms with Crippen molar-refractivity contribution in [2.75, 3.05) is 26.1 Å². The number of amides is 1. The molecular formula is C25H26N2O3. The van der Waals surface area contributed by atoms with E-state index in [0.717, 1.165) is 43.2 Å². The zero-order valence-electron chi connectivity index (χ0n) is 17.4. The van der Waals surface area contributed by atoms with Gasteiger partial charge in [-0.15, -0.1) is 0 Å². The Bertz CT molecular complexity index is 1020. The Morgan fingerprint density at radius 1 is 0.933 bits per heavy atom. The normalized spacial score (nSPS) is 13.4. The molecule has 1 N–H and O–H groups in total. The van der Waals surface area contributed by atoms with Gasteiger partial charge in [-0.05, 0) is 59.5 Å². The average molecular weight is 402 g/mol. The second-order valence-corrected chi connectivity index (χ2v) is 7.45. The summed E-state index contributed by atoms with van der Waals surface area (Å²) >= 11 is 0. The summed E-state index contributed by atoms with van der Waals surface area (Å²) in [5, 5.41) is 2.92. The fourth-order valence-electron chi connectivity index (χ4n) is 3.82. The fraction of sp³-hybridized carbons (Fsp3) is 0.240. The van der Waals surface area contributed by atoms with Crippen LogP contribution in [0.3, 0.4) is 0 Å². The van der Waals surface area contributed by atoms with E-state index in [1.165, 1.54) is 16.7 Å². The average Bonchev–Trinajstić information content (AvgIpc) is 2.79. The minimum Gasteiger partial charge on any atom is -0.493 e. The molecule has 154 valence electrons. The van der Waals surface area contributed by atoms with Crippen molar-refractivity contribution in [1.82, 2.24) is 4.90 Å². The molecule has 0 atom stereocenters. The molecule has 0 radical (unpaired) electrons. The standard InChI is InChI=1S/C25H26N2O3/c1-29-23-14-20-12-13-27(17-21(20)15-24(23)30-2)16-18-8-10-19(11-9-18)25(28)26-22-6-4-3-5-7-22/h3-11,14-15H,12-13,16-17H2,1-2H3,(H,26,28). The minimum atomic E-state index is -0.0966. The molecule has 0 saturated heterocycles. The van der Waals surface area contributed by atoms with Gasteiger partial charge in [0.2, 0.25) is 0 Å². The zero-order chi connectivity index (χ0) is 20.9. The van der Waals surface area contributed by atoms with Crippen LogP contribution < -0.4 is 14.8 Å². The molecule has 1 aliphatic heterocycles. The van der Waals surface area contributed by atoms with Gasteiger partial charge in [0.25, 0.3) is 5.91 Å². The van der Waals surface area contributed by atoms with E-state index in [1.807, 2.05) is 54.6 Å². The molecule has 1 heterocycles. The number of carbonyl (C=O) groups excluding carboxylic acids is 1. The third kappa shape index (κ3) is 4.47. The van der Waals surface area contributed by atoms with Crippen molar-refractivity contribution < 1.29 is 14.3 Å². The molecule has 0 spiro atoms. The Morgan fingerprint density at radius 3 is 2.27 bits per heavy atom. The number of ether oxygens (including phenoxy) is 2. The third-order valence-corrected chi connectivity index (χ3v) is 5.45. The Balaban J connectivity index is 1.40. The maximum atomic E-state index is 12.4. The number of rotatable bonds is 6. The lowest BCUT2D eigenvalue weighted by atomic mass is 9.98. The van der Waals surface area contributed by atoms with Crippen LogP contribution in [0.15, 0.2) is 66.7 Å². The molecule has 30 heavy (non-hydrogen) atoms. The first-order chi connectivity index (χ1) is 14.7. The number of fused-ring (bicyclic) bond motifs is 1. The summed E-state index contributed by atoms with van der Waals surface area (Å²) in [7, 11) is 3.34. The Kier molecular flexibility index (Phi) is 6.00. The molecule has 4 rings (SSSR count). The second kappa shape index (κ2) is 9.01. The number of methoxy groups -OCH3 is 2. The number of nitrogens with one attached hydrogen (secondary N) is 1. The summed E-state index contributed by atoms with van der Waals surface area (Å²) in [4.78, 5) is 14.8. The highest BCUT2D eigenvalue weighted by molar-refractivity contribution is 6.04. The second-order valence-electron chi connectivity index (χ2n) is 7.45. The summed E-state index contributed by atoms with van der Waals surface area (Å²) in [6, 6.07) is 21.5. The largest absolute Gasteiger partial charge is 0.493 e. The smallest absolute Gasteiger partial charge is 0.255 e. The van der Waals surface area contributed by atoms with Gasteiger partial charge in [-0.3, -0.25) is 9.69 Å². The number of nitrogens with zero attached hydrogens (tertiary/aromatic N) is 1. The highest BCUT2D eigenvalue weighted by Gasteiger charge is 2.19. The van der Waals surface area contributed by atoms with E-state index in [-0.39, 0.29) is 5.91 Å². The fourth-order valence-corrected chi connectivity index (χ4v) is 3.82. The molecule has 3 aromatic carbocycles. The lowest BCUT2D eigenvalue weighted by molar-refractivity contribution is 0.102. The van der Waals surface area contributed by atoms with E-state index in [9.17, 15) is 4.79 Å². The van der Waals surface area contributed by atoms with Crippen LogP contribution in [0.25, 0.3) is 0 Å². The first-order valence-electron chi connectivity index (χ1n) is 10.1. The highest BCUT2D eigenvalue weighted by atomic mass is 16.5. The molecule has 0 saturated carbocycles. The lowest BCUT2D eigenvalue weighted by Gasteiger charge is -2.29. The molecule has 1 amide bonds. The van der Waals surface area contributed by atoms with Gasteiger partial charge in [-0.2, -0.15) is 0 Å². The first kappa shape index (κ1) is 20.0. The SMILES string of the molecule is COc1cc2c(cc1OC)CN(Cc1ccc(C(=O)Nc3ccccc3)cc1)CC2. The molecule has 0 aliphatic carbocycles. The van der Waals surface area contributed by atoms with Crippen LogP contribution in [-0.4, -0.2) is 31.6 Å². The number of para-hydroxylation sites is 1. The summed E-state index contributed by atoms with van der Waals surface area (Å²) in [5.74, 6) is 1.46. The predicted octanol–water partition coefficient (Wildman–Crippen LogP) is 4.51. The quantitative estimate of drug-likeness (QED) is 0.659. The first-order valence-corrected chi connectivity index (χ1v) is 10.1. The van der Waals surface area contributed by atoms with E-state index < -0.39 is 0 Å². The molecular weight excluding hydrogens is 376 g/mol. The molecule has 0 unspecified atom stereocenters. The van der Waals surface area contributed by atoms with Crippen LogP contribution in [0.2, 0.25) is 0 Å². The van der Waals surface area contributed by atoms with E-state index in [4.69, 9.17) is 9.47 Å². The summed E-state index contributed by atoms with van der Waals surface area (Å²) < 4.78 is 10.9. The van der Waals surface area contributed by atoms with Gasteiger partial charge in [0.1, 0.15) is 0 Å². The monoisotopic (exact) mass is 402 g/mol. The van der Waals surface area contributed by atoms with Crippen LogP contribution in [0.5, 0.6) is 11.5 Å². The van der Waals surface area contributed by atoms with Crippen LogP contribution in [-0.2, 0) is 19.5 Å². The van der Waals surface area contributed by atoms with Crippen LogP contribution in [0, 0.1) is 0 Å². The third-order valence-electron chi connectivity index (χ3n) is 5.45. The Morgan fingerprint density at radius 2 is 1.60 bits per heavy atom. The van der Waals surface area contributed by atoms with Crippen LogP contribution in [0.4, 0.5) is 5.69 Å². The van der Waals surface area contributed by atoms with E-state index in [1.54, 1.807) is 14.2 Å². The van der Waals surface area contributed by atoms with Gasteiger partial charge >= 0.3 is 0 Å². The Hall–Kier alpha value is -3.31. The molecule has 3 aromatic rings. The van der Waals surface area contributed by atoms with Crippen LogP contribution in [0.1, 0.15) is 27.0 Å². The van der Waals surface area contributed by atoms with Crippen molar-refractivity contribution in [2.45, 2.75) is 19.5 Å². The van der Waals surface area contributed by atoms with Crippen molar-refractivity contribution in [1.29, 1.82) is 0 Å². The van der Waals surface area contributed by atoms with Crippen molar-refractivity contribution in [3.8, 4) is 11.5 Å². The molecule has 5 heteroatoms. The van der Waals surface area contributed by atoms with Gasteiger partial charge in [-0.25, -0.2) is 0 Å². The van der Waals surface area contributed by atoms with E-state index >= 15 is 0 Å². The zero-order valence-corrected chi connectivity index (χ0v) is 17.4. The number of carbonyl (C=O) groups is 1. The van der Waals surface area contributed by atoms with Gasteiger partial charge in [0, 0.05) is 30.9 Å². The molecule has 5 nitrogen and oxygen atoms in total. The molecule has 0 fully saturated rings. The number of hydrogen-bond acceptors (Lipinski definition) is 4. The van der Waals surface area contributed by atoms with E-state index in [2.05, 4.69) is 22.3 Å². The van der Waals surface area contributed by atoms with Gasteiger partial charge in [0.15, 0.2) is 11.5 Å². The number of anilines is 1. The molecule has 1 aliphatic rings. The van der Waals surface area contributed by atoms with Gasteiger partial charge in [-0.1, -0.05) is 30.3 Å². The molecule has 0 bridgehead atoms. The van der Waals surface area contributed by atoms with Crippen molar-refractivity contribution in [3.05, 3.63) is 89.0 Å². The highest BCUT2D eigenvalue weighted by Crippen LogP contribution is 2.33. The topological polar surface area (TPSA) is 50.8 Å². The van der Waals surface area contributed by atoms with Gasteiger partial charge in [0.05, 0.1) is 14.2 Å². The number of hydrogen-bond donors (Lipinski definition) is 1. The van der Waals surface area contributed by atoms with E-state index in [0.29, 0.717) is 5.56 Å². The lowest BCUT2D eigenvalue weighted by Crippen LogP contribution is -2.30. The van der Waals surface area contributed by atoms with Crippen LogP contribution >= 0.6 is 0 Å². The summed E-state index contributed by atoms with van der Waals surface area (Å²) in [6.45, 7) is 2.69. The molecule has 0 aromatic heterocycles. The van der Waals surface area contributed by atoms with Crippen molar-refractivity contribution >= 4 is 11.6 Å². The summed E-state index contributed by atoms with van der Waals surface area (Å²) in [5.41, 5.74) is 5.24. The maximum absolute atomic E-state index is 12.4. The van der Waals surface area contributed by atoms with Crippen molar-refractivity contribution in [2.24, 2.45) is 0 Å². The maximum Gasteiger partial charge on any atom is 0.255 e. The minimum absolute atomic E-state index is 0.0966. The van der Waals surface area contributed by atoms with Crippen molar-refractivity contribution in [3.63, 3.8) is 0 Å². The Labute approximate surface area is 177 Å². The van der Waals surface area contributed by atoms with Gasteiger partial charge < -0.3 is 14.8 Å². The predicted molar refractivity (Wildman–Crippen MR) is 118 cm³/mol. The summed E-state index contributed by atoms with van der Waals surface area (Å²) in [6.07, 6.45) is 0.979. The number of benzene rings is 3.